The number of ketones is 1. The van der Waals surface area contributed by atoms with E-state index in [1.165, 1.54) is 78.6 Å². The lowest BCUT2D eigenvalue weighted by atomic mass is 9.87. The molecule has 1 aliphatic carbocycles. The number of carbonyl (C=O) groups excluding carboxylic acids is 3. The van der Waals surface area contributed by atoms with Crippen LogP contribution in [0.2, 0.25) is 0 Å². The highest BCUT2D eigenvalue weighted by atomic mass is 16.6. The SMILES string of the molecule is COc1cc2c(cc1N)CCCCN2C.COc1cc2c(cc1NC(=O)c1ccc(C(C)(C)C)cc1)CCCCN2C.COc1cc2c(cc1[N+](=O)[O-])CCCC(=O)C2.COc1cc2c(cc1[N+](=O)[O-])CCCC(=O)N2C. The first-order valence-corrected chi connectivity index (χ1v) is 26.2. The Kier molecular flexibility index (Phi) is 19.9. The average molecular weight is 1060 g/mol. The van der Waals surface area contributed by atoms with Gasteiger partial charge in [0.1, 0.15) is 17.3 Å². The zero-order chi connectivity index (χ0) is 56.1. The fourth-order valence-electron chi connectivity index (χ4n) is 9.97. The summed E-state index contributed by atoms with van der Waals surface area (Å²) in [6.07, 6.45) is 11.2. The predicted molar refractivity (Wildman–Crippen MR) is 303 cm³/mol. The van der Waals surface area contributed by atoms with E-state index in [1.807, 2.05) is 30.3 Å². The standard InChI is InChI=1S/C23H30N2O2.C12H14N2O4.C12H18N2O.C12H13NO4/c1-23(2,3)18-11-9-16(10-12-18)22(26)24-19-14-17-8-6-7-13-25(4)20(17)15-21(19)27-5;1-13-9-7-11(18-2)10(14(16)17)6-8(9)4-3-5-12(13)15;1-14-6-4-3-5-9-7-10(13)12(15-2)8-11(9)14;1-17-12-7-9-5-10(14)4-2-3-8(9)6-11(12)13(15)16/h9-12,14-15H,6-8,13H2,1-5H3,(H,24,26);6-7H,3-5H2,1-2H3;7-8H,3-6,13H2,1-2H3;6-7H,2-5H2,1H3. The number of nitro groups is 2. The number of anilines is 5. The number of nitrogens with one attached hydrogen (secondary N) is 1. The van der Waals surface area contributed by atoms with Crippen molar-refractivity contribution < 1.29 is 43.2 Å². The summed E-state index contributed by atoms with van der Waals surface area (Å²) in [5.41, 5.74) is 17.5. The minimum absolute atomic E-state index is 0.0182. The number of nitrogens with two attached hydrogens (primary N) is 1. The van der Waals surface area contributed by atoms with E-state index in [0.29, 0.717) is 55.5 Å². The van der Waals surface area contributed by atoms with Crippen molar-refractivity contribution in [2.24, 2.45) is 0 Å². The van der Waals surface area contributed by atoms with Crippen LogP contribution in [0.15, 0.2) is 72.8 Å². The summed E-state index contributed by atoms with van der Waals surface area (Å²) in [7, 11) is 12.0. The van der Waals surface area contributed by atoms with Crippen LogP contribution in [0.3, 0.4) is 0 Å². The van der Waals surface area contributed by atoms with Crippen molar-refractivity contribution in [2.45, 2.75) is 110 Å². The van der Waals surface area contributed by atoms with Gasteiger partial charge in [-0.15, -0.1) is 0 Å². The Balaban J connectivity index is 0.000000171. The van der Waals surface area contributed by atoms with Crippen molar-refractivity contribution >= 4 is 57.4 Å². The van der Waals surface area contributed by atoms with Crippen LogP contribution in [-0.2, 0) is 47.1 Å². The van der Waals surface area contributed by atoms with E-state index in [-0.39, 0.29) is 45.9 Å². The van der Waals surface area contributed by atoms with Crippen molar-refractivity contribution in [3.05, 3.63) is 132 Å². The molecule has 0 radical (unpaired) electrons. The average Bonchev–Trinajstić information content (AvgIpc) is 3.85. The second-order valence-electron chi connectivity index (χ2n) is 20.8. The molecule has 77 heavy (non-hydrogen) atoms. The van der Waals surface area contributed by atoms with E-state index in [1.54, 1.807) is 33.4 Å². The molecular formula is C59H75N7O11. The summed E-state index contributed by atoms with van der Waals surface area (Å²) in [5.74, 6) is 1.97. The molecule has 0 atom stereocenters. The van der Waals surface area contributed by atoms with Crippen LogP contribution >= 0.6 is 0 Å². The van der Waals surface area contributed by atoms with Crippen LogP contribution in [0, 0.1) is 20.2 Å². The van der Waals surface area contributed by atoms with Crippen molar-refractivity contribution in [3.8, 4) is 23.0 Å². The summed E-state index contributed by atoms with van der Waals surface area (Å²) in [6, 6.07) is 22.3. The maximum Gasteiger partial charge on any atom is 0.311 e. The molecule has 3 heterocycles. The first kappa shape index (κ1) is 58.4. The van der Waals surface area contributed by atoms with E-state index < -0.39 is 9.85 Å². The summed E-state index contributed by atoms with van der Waals surface area (Å²) in [4.78, 5) is 63.0. The van der Waals surface area contributed by atoms with Gasteiger partial charge in [-0.05, 0) is 133 Å². The number of amides is 2. The highest BCUT2D eigenvalue weighted by Gasteiger charge is 2.26. The molecule has 412 valence electrons. The number of aryl methyl sites for hydroxylation is 4. The highest BCUT2D eigenvalue weighted by Crippen LogP contribution is 2.39. The fraction of sp³-hybridized carbons (Fsp3) is 0.441. The van der Waals surface area contributed by atoms with Gasteiger partial charge in [0, 0.05) is 101 Å². The van der Waals surface area contributed by atoms with E-state index in [9.17, 15) is 34.6 Å². The zero-order valence-electron chi connectivity index (χ0n) is 46.3. The van der Waals surface area contributed by atoms with Crippen molar-refractivity contribution in [3.63, 3.8) is 0 Å². The molecule has 2 amide bonds. The topological polar surface area (TPSA) is 222 Å². The normalized spacial score (nSPS) is 14.9. The van der Waals surface area contributed by atoms with Gasteiger partial charge >= 0.3 is 11.4 Å². The van der Waals surface area contributed by atoms with Gasteiger partial charge < -0.3 is 44.7 Å². The third-order valence-electron chi connectivity index (χ3n) is 14.4. The van der Waals surface area contributed by atoms with Gasteiger partial charge in [0.05, 0.1) is 55.3 Å². The summed E-state index contributed by atoms with van der Waals surface area (Å²) in [6.45, 7) is 8.65. The molecule has 4 aliphatic rings. The third kappa shape index (κ3) is 14.7. The molecule has 5 aromatic carbocycles. The number of nitrogen functional groups attached to an aromatic ring is 1. The zero-order valence-corrected chi connectivity index (χ0v) is 46.3. The van der Waals surface area contributed by atoms with Gasteiger partial charge in [-0.2, -0.15) is 0 Å². The van der Waals surface area contributed by atoms with Crippen LogP contribution < -0.4 is 44.7 Å². The van der Waals surface area contributed by atoms with Gasteiger partial charge in [0.25, 0.3) is 5.91 Å². The second kappa shape index (κ2) is 26.2. The lowest BCUT2D eigenvalue weighted by Crippen LogP contribution is -2.25. The van der Waals surface area contributed by atoms with Crippen molar-refractivity contribution in [1.29, 1.82) is 0 Å². The minimum Gasteiger partial charge on any atom is -0.495 e. The van der Waals surface area contributed by atoms with Crippen molar-refractivity contribution in [2.75, 3.05) is 88.4 Å². The molecule has 18 heteroatoms. The number of benzene rings is 5. The number of methoxy groups -OCH3 is 4. The number of ether oxygens (including phenoxy) is 4. The monoisotopic (exact) mass is 1060 g/mol. The maximum absolute atomic E-state index is 12.8. The summed E-state index contributed by atoms with van der Waals surface area (Å²) < 4.78 is 20.8. The van der Waals surface area contributed by atoms with Gasteiger partial charge in [-0.1, -0.05) is 32.9 Å². The van der Waals surface area contributed by atoms with Crippen molar-refractivity contribution in [1.82, 2.24) is 0 Å². The molecule has 0 saturated heterocycles. The van der Waals surface area contributed by atoms with E-state index in [0.717, 1.165) is 72.6 Å². The molecule has 3 N–H and O–H groups in total. The van der Waals surface area contributed by atoms with Crippen LogP contribution in [0.4, 0.5) is 39.8 Å². The van der Waals surface area contributed by atoms with E-state index >= 15 is 0 Å². The Morgan fingerprint density at radius 3 is 1.61 bits per heavy atom. The van der Waals surface area contributed by atoms with Crippen LogP contribution in [0.1, 0.15) is 116 Å². The number of hydrogen-bond donors (Lipinski definition) is 2. The molecule has 9 rings (SSSR count). The number of nitrogens with zero attached hydrogens (tertiary/aromatic N) is 5. The largest absolute Gasteiger partial charge is 0.495 e. The highest BCUT2D eigenvalue weighted by molar-refractivity contribution is 6.05. The molecule has 5 aromatic rings. The van der Waals surface area contributed by atoms with Crippen LogP contribution in [-0.4, -0.2) is 90.1 Å². The van der Waals surface area contributed by atoms with E-state index in [2.05, 4.69) is 68.2 Å². The molecule has 0 fully saturated rings. The van der Waals surface area contributed by atoms with Gasteiger partial charge in [-0.3, -0.25) is 34.6 Å². The summed E-state index contributed by atoms with van der Waals surface area (Å²) >= 11 is 0. The Morgan fingerprint density at radius 2 is 1.05 bits per heavy atom. The Bertz CT molecular complexity index is 2950. The Morgan fingerprint density at radius 1 is 0.571 bits per heavy atom. The molecule has 0 bridgehead atoms. The first-order valence-electron chi connectivity index (χ1n) is 26.2. The molecule has 3 aliphatic heterocycles. The third-order valence-corrected chi connectivity index (χ3v) is 14.4. The van der Waals surface area contributed by atoms with Crippen LogP contribution in [0.5, 0.6) is 23.0 Å². The fourth-order valence-corrected chi connectivity index (χ4v) is 9.97. The molecule has 0 aromatic heterocycles. The number of nitro benzene ring substituents is 2. The predicted octanol–water partition coefficient (Wildman–Crippen LogP) is 11.0. The lowest BCUT2D eigenvalue weighted by Gasteiger charge is -2.22. The number of fused-ring (bicyclic) bond motifs is 4. The molecule has 0 saturated carbocycles. The minimum atomic E-state index is -0.466. The molecule has 0 spiro atoms. The van der Waals surface area contributed by atoms with Gasteiger partial charge in [-0.25, -0.2) is 0 Å². The quantitative estimate of drug-likeness (QED) is 0.0639. The second-order valence-corrected chi connectivity index (χ2v) is 20.8. The molecular weight excluding hydrogens is 983 g/mol. The maximum atomic E-state index is 12.8. The Labute approximate surface area is 452 Å². The summed E-state index contributed by atoms with van der Waals surface area (Å²) in [5, 5.41) is 24.9. The number of hydrogen-bond acceptors (Lipinski definition) is 14. The van der Waals surface area contributed by atoms with E-state index in [4.69, 9.17) is 24.7 Å². The van der Waals surface area contributed by atoms with Gasteiger partial charge in [0.15, 0.2) is 11.5 Å². The lowest BCUT2D eigenvalue weighted by molar-refractivity contribution is -0.385. The van der Waals surface area contributed by atoms with Gasteiger partial charge in [0.2, 0.25) is 5.91 Å². The number of Topliss-reactive ketones (excluding diaryl/α,β-unsaturated/α-hetero) is 1. The molecule has 18 nitrogen and oxygen atoms in total. The Hall–Kier alpha value is -7.89. The molecule has 0 unspecified atom stereocenters. The number of carbonyl (C=O) groups is 3. The smallest absolute Gasteiger partial charge is 0.311 e. The first-order chi connectivity index (χ1) is 36.7. The number of rotatable bonds is 8. The van der Waals surface area contributed by atoms with Crippen LogP contribution in [0.25, 0.3) is 0 Å².